The zero-order chi connectivity index (χ0) is 13.0. The van der Waals surface area contributed by atoms with Crippen LogP contribution in [-0.2, 0) is 0 Å². The molecule has 1 atom stereocenters. The summed E-state index contributed by atoms with van der Waals surface area (Å²) in [6.45, 7) is 4.37. The van der Waals surface area contributed by atoms with Gasteiger partial charge in [0.05, 0.1) is 6.04 Å². The monoisotopic (exact) mass is 277 g/mol. The van der Waals surface area contributed by atoms with Crippen molar-refractivity contribution in [2.45, 2.75) is 24.8 Å². The molecule has 1 N–H and O–H groups in total. The van der Waals surface area contributed by atoms with Crippen LogP contribution in [0.1, 0.15) is 29.0 Å². The quantitative estimate of drug-likeness (QED) is 0.809. The summed E-state index contributed by atoms with van der Waals surface area (Å²) in [6.07, 6.45) is 0. The lowest BCUT2D eigenvalue weighted by Gasteiger charge is -2.17. The van der Waals surface area contributed by atoms with Crippen molar-refractivity contribution < 1.29 is 0 Å². The van der Waals surface area contributed by atoms with Crippen LogP contribution in [0.15, 0.2) is 40.6 Å². The number of hydrogen-bond donors (Lipinski definition) is 1. The number of hydrogen-bond acceptors (Lipinski definition) is 3. The molecule has 0 amide bonds. The highest BCUT2D eigenvalue weighted by atomic mass is 32.2. The molecule has 3 heteroatoms. The molecule has 0 radical (unpaired) electrons. The van der Waals surface area contributed by atoms with Gasteiger partial charge in [-0.1, -0.05) is 19.1 Å². The third kappa shape index (κ3) is 2.97. The summed E-state index contributed by atoms with van der Waals surface area (Å²) in [5.74, 6) is 1.12. The van der Waals surface area contributed by atoms with Crippen LogP contribution >= 0.6 is 23.1 Å². The Bertz CT molecular complexity index is 487. The smallest absolute Gasteiger partial charge is 0.0585 e. The summed E-state index contributed by atoms with van der Waals surface area (Å²) in [7, 11) is 2.02. The van der Waals surface area contributed by atoms with Crippen molar-refractivity contribution >= 4 is 23.1 Å². The second-order valence-electron chi connectivity index (χ2n) is 4.16. The van der Waals surface area contributed by atoms with Gasteiger partial charge in [0.2, 0.25) is 0 Å². The first kappa shape index (κ1) is 13.7. The summed E-state index contributed by atoms with van der Waals surface area (Å²) >= 11 is 3.70. The maximum Gasteiger partial charge on any atom is 0.0585 e. The summed E-state index contributed by atoms with van der Waals surface area (Å²) in [6, 6.07) is 11.4. The minimum Gasteiger partial charge on any atom is -0.309 e. The van der Waals surface area contributed by atoms with E-state index < -0.39 is 0 Å². The van der Waals surface area contributed by atoms with Gasteiger partial charge in [-0.05, 0) is 54.4 Å². The molecule has 0 saturated heterocycles. The lowest BCUT2D eigenvalue weighted by Crippen LogP contribution is -2.17. The first-order valence-corrected chi connectivity index (χ1v) is 8.06. The van der Waals surface area contributed by atoms with E-state index in [4.69, 9.17) is 0 Å². The Morgan fingerprint density at radius 3 is 2.44 bits per heavy atom. The Balaban J connectivity index is 2.25. The van der Waals surface area contributed by atoms with E-state index in [9.17, 15) is 0 Å². The van der Waals surface area contributed by atoms with E-state index in [1.807, 2.05) is 30.1 Å². The highest BCUT2D eigenvalue weighted by Gasteiger charge is 2.14. The van der Waals surface area contributed by atoms with Crippen LogP contribution in [0, 0.1) is 6.92 Å². The topological polar surface area (TPSA) is 12.0 Å². The van der Waals surface area contributed by atoms with Gasteiger partial charge in [0.15, 0.2) is 0 Å². The number of benzene rings is 1. The van der Waals surface area contributed by atoms with E-state index in [-0.39, 0.29) is 0 Å². The highest BCUT2D eigenvalue weighted by Crippen LogP contribution is 2.29. The molecule has 1 nitrogen and oxygen atoms in total. The molecule has 96 valence electrons. The van der Waals surface area contributed by atoms with Crippen molar-refractivity contribution in [3.63, 3.8) is 0 Å². The van der Waals surface area contributed by atoms with E-state index >= 15 is 0 Å². The van der Waals surface area contributed by atoms with Gasteiger partial charge in [0, 0.05) is 9.77 Å². The molecule has 0 saturated carbocycles. The Labute approximate surface area is 118 Å². The zero-order valence-electron chi connectivity index (χ0n) is 11.1. The van der Waals surface area contributed by atoms with Crippen LogP contribution in [0.5, 0.6) is 0 Å². The van der Waals surface area contributed by atoms with Crippen LogP contribution in [0.4, 0.5) is 0 Å². The minimum absolute atomic E-state index is 0.303. The number of thiophene rings is 1. The van der Waals surface area contributed by atoms with Crippen molar-refractivity contribution in [1.82, 2.24) is 5.32 Å². The highest BCUT2D eigenvalue weighted by molar-refractivity contribution is 7.99. The molecule has 1 heterocycles. The molecule has 1 unspecified atom stereocenters. The van der Waals surface area contributed by atoms with E-state index in [2.05, 4.69) is 54.9 Å². The predicted molar refractivity (Wildman–Crippen MR) is 82.8 cm³/mol. The Morgan fingerprint density at radius 1 is 1.22 bits per heavy atom. The minimum atomic E-state index is 0.303. The van der Waals surface area contributed by atoms with Gasteiger partial charge in [0.1, 0.15) is 0 Å². The van der Waals surface area contributed by atoms with Gasteiger partial charge < -0.3 is 5.32 Å². The molecule has 1 aromatic carbocycles. The van der Waals surface area contributed by atoms with Crippen molar-refractivity contribution in [3.8, 4) is 0 Å². The maximum absolute atomic E-state index is 3.41. The molecule has 0 aliphatic heterocycles. The van der Waals surface area contributed by atoms with Crippen molar-refractivity contribution in [1.29, 1.82) is 0 Å². The van der Waals surface area contributed by atoms with Crippen LogP contribution in [0.25, 0.3) is 0 Å². The third-order valence-electron chi connectivity index (χ3n) is 3.02. The standard InChI is InChI=1S/C15H19NS2/c1-4-17-13-7-5-12(6-8-13)15(16-3)14-9-10-18-11(14)2/h5-10,15-16H,4H2,1-3H3. The number of aryl methyl sites for hydroxylation is 1. The normalized spacial score (nSPS) is 12.6. The second kappa shape index (κ2) is 6.41. The van der Waals surface area contributed by atoms with Crippen LogP contribution in [0.3, 0.4) is 0 Å². The Morgan fingerprint density at radius 2 is 1.94 bits per heavy atom. The van der Waals surface area contributed by atoms with Gasteiger partial charge >= 0.3 is 0 Å². The van der Waals surface area contributed by atoms with Crippen molar-refractivity contribution in [3.05, 3.63) is 51.7 Å². The average Bonchev–Trinajstić information content (AvgIpc) is 2.79. The fourth-order valence-corrected chi connectivity index (χ4v) is 3.52. The first-order valence-electron chi connectivity index (χ1n) is 6.20. The average molecular weight is 277 g/mol. The molecule has 1 aromatic heterocycles. The van der Waals surface area contributed by atoms with E-state index in [0.717, 1.165) is 5.75 Å². The van der Waals surface area contributed by atoms with Crippen molar-refractivity contribution in [2.75, 3.05) is 12.8 Å². The molecule has 0 aliphatic rings. The fourth-order valence-electron chi connectivity index (χ4n) is 2.12. The Hall–Kier alpha value is -0.770. The van der Waals surface area contributed by atoms with Crippen LogP contribution in [0.2, 0.25) is 0 Å². The van der Waals surface area contributed by atoms with Crippen LogP contribution in [-0.4, -0.2) is 12.8 Å². The maximum atomic E-state index is 3.41. The lowest BCUT2D eigenvalue weighted by molar-refractivity contribution is 0.690. The van der Waals surface area contributed by atoms with Gasteiger partial charge in [0.25, 0.3) is 0 Å². The third-order valence-corrected chi connectivity index (χ3v) is 4.78. The molecule has 0 bridgehead atoms. The van der Waals surface area contributed by atoms with Gasteiger partial charge in [-0.25, -0.2) is 0 Å². The Kier molecular flexibility index (Phi) is 4.87. The molecular weight excluding hydrogens is 258 g/mol. The molecule has 2 rings (SSSR count). The number of nitrogens with one attached hydrogen (secondary N) is 1. The van der Waals surface area contributed by atoms with Crippen molar-refractivity contribution in [2.24, 2.45) is 0 Å². The summed E-state index contributed by atoms with van der Waals surface area (Å²) < 4.78 is 0. The summed E-state index contributed by atoms with van der Waals surface area (Å²) in [4.78, 5) is 2.74. The molecule has 0 spiro atoms. The van der Waals surface area contributed by atoms with E-state index in [0.29, 0.717) is 6.04 Å². The molecule has 0 aliphatic carbocycles. The zero-order valence-corrected chi connectivity index (χ0v) is 12.7. The van der Waals surface area contributed by atoms with Gasteiger partial charge in [-0.15, -0.1) is 23.1 Å². The van der Waals surface area contributed by atoms with Gasteiger partial charge in [-0.3, -0.25) is 0 Å². The predicted octanol–water partition coefficient (Wildman–Crippen LogP) is 4.48. The molecule has 18 heavy (non-hydrogen) atoms. The number of rotatable bonds is 5. The fraction of sp³-hybridized carbons (Fsp3) is 0.333. The largest absolute Gasteiger partial charge is 0.309 e. The number of thioether (sulfide) groups is 1. The molecule has 0 fully saturated rings. The van der Waals surface area contributed by atoms with E-state index in [1.54, 1.807) is 0 Å². The van der Waals surface area contributed by atoms with E-state index in [1.165, 1.54) is 20.9 Å². The first-order chi connectivity index (χ1) is 8.76. The molecular formula is C15H19NS2. The van der Waals surface area contributed by atoms with Crippen LogP contribution < -0.4 is 5.32 Å². The SMILES string of the molecule is CCSc1ccc(C(NC)c2ccsc2C)cc1. The molecule has 2 aromatic rings. The van der Waals surface area contributed by atoms with Gasteiger partial charge in [-0.2, -0.15) is 0 Å². The summed E-state index contributed by atoms with van der Waals surface area (Å²) in [5, 5.41) is 5.58. The summed E-state index contributed by atoms with van der Waals surface area (Å²) in [5.41, 5.74) is 2.72. The second-order valence-corrected chi connectivity index (χ2v) is 6.61. The lowest BCUT2D eigenvalue weighted by atomic mass is 10.00.